The van der Waals surface area contributed by atoms with E-state index < -0.39 is 5.60 Å². The minimum atomic E-state index is -0.831. The van der Waals surface area contributed by atoms with Gasteiger partial charge in [0, 0.05) is 44.0 Å². The summed E-state index contributed by atoms with van der Waals surface area (Å²) < 4.78 is 14.2. The maximum atomic E-state index is 14.2. The van der Waals surface area contributed by atoms with Crippen molar-refractivity contribution < 1.29 is 9.50 Å². The maximum Gasteiger partial charge on any atom is 0.129 e. The molecule has 2 rings (SSSR count). The van der Waals surface area contributed by atoms with Crippen LogP contribution in [0.15, 0.2) is 18.2 Å². The van der Waals surface area contributed by atoms with Crippen LogP contribution in [0, 0.1) is 5.82 Å². The number of nitrogens with one attached hydrogen (secondary N) is 1. The lowest BCUT2D eigenvalue weighted by atomic mass is 10.1. The first-order chi connectivity index (χ1) is 10.4. The quantitative estimate of drug-likeness (QED) is 0.806. The Morgan fingerprint density at radius 1 is 1.32 bits per heavy atom. The molecule has 22 heavy (non-hydrogen) atoms. The second kappa shape index (κ2) is 7.40. The van der Waals surface area contributed by atoms with Crippen LogP contribution in [0.25, 0.3) is 0 Å². The van der Waals surface area contributed by atoms with Crippen LogP contribution in [0.5, 0.6) is 0 Å². The predicted octanol–water partition coefficient (Wildman–Crippen LogP) is 1.83. The normalized spacial score (nSPS) is 18.0. The van der Waals surface area contributed by atoms with Crippen molar-refractivity contribution in [2.75, 3.05) is 45.2 Å². The Balaban J connectivity index is 2.00. The first-order valence-corrected chi connectivity index (χ1v) is 7.99. The molecule has 0 aliphatic carbocycles. The van der Waals surface area contributed by atoms with Gasteiger partial charge < -0.3 is 20.2 Å². The van der Waals surface area contributed by atoms with E-state index in [1.54, 1.807) is 13.0 Å². The molecule has 0 saturated carbocycles. The van der Waals surface area contributed by atoms with Gasteiger partial charge in [0.15, 0.2) is 0 Å². The molecular formula is C17H28FN3O. The summed E-state index contributed by atoms with van der Waals surface area (Å²) in [6.45, 7) is 5.21. The van der Waals surface area contributed by atoms with Crippen LogP contribution in [-0.4, -0.2) is 55.9 Å². The molecule has 2 N–H and O–H groups in total. The first-order valence-electron chi connectivity index (χ1n) is 7.99. The molecule has 124 valence electrons. The van der Waals surface area contributed by atoms with Gasteiger partial charge >= 0.3 is 0 Å². The third kappa shape index (κ3) is 4.66. The minimum Gasteiger partial charge on any atom is -0.388 e. The van der Waals surface area contributed by atoms with E-state index in [2.05, 4.69) is 10.2 Å². The maximum absolute atomic E-state index is 14.2. The van der Waals surface area contributed by atoms with Crippen molar-refractivity contribution in [2.45, 2.75) is 31.9 Å². The molecule has 1 aliphatic rings. The number of nitrogens with zero attached hydrogens (tertiary/aromatic N) is 2. The Hall–Kier alpha value is -1.17. The first kappa shape index (κ1) is 17.2. The highest BCUT2D eigenvalue weighted by Gasteiger charge is 2.22. The van der Waals surface area contributed by atoms with Gasteiger partial charge in [-0.3, -0.25) is 0 Å². The lowest BCUT2D eigenvalue weighted by Crippen LogP contribution is -2.45. The zero-order valence-electron chi connectivity index (χ0n) is 13.9. The molecule has 1 saturated heterocycles. The fourth-order valence-electron chi connectivity index (χ4n) is 3.17. The lowest BCUT2D eigenvalue weighted by Gasteiger charge is -2.28. The number of hydrogen-bond donors (Lipinski definition) is 2. The summed E-state index contributed by atoms with van der Waals surface area (Å²) in [6, 6.07) is 5.27. The number of benzene rings is 1. The van der Waals surface area contributed by atoms with E-state index in [0.29, 0.717) is 25.2 Å². The van der Waals surface area contributed by atoms with Gasteiger partial charge in [-0.1, -0.05) is 6.07 Å². The number of aliphatic hydroxyl groups is 1. The highest BCUT2D eigenvalue weighted by atomic mass is 19.1. The molecule has 0 radical (unpaired) electrons. The van der Waals surface area contributed by atoms with E-state index in [0.717, 1.165) is 18.8 Å². The van der Waals surface area contributed by atoms with Gasteiger partial charge in [-0.25, -0.2) is 4.39 Å². The molecule has 0 spiro atoms. The van der Waals surface area contributed by atoms with Crippen LogP contribution in [-0.2, 0) is 6.54 Å². The summed E-state index contributed by atoms with van der Waals surface area (Å²) in [6.07, 6.45) is 2.34. The summed E-state index contributed by atoms with van der Waals surface area (Å²) in [4.78, 5) is 4.19. The Labute approximate surface area is 132 Å². The van der Waals surface area contributed by atoms with Gasteiger partial charge in [-0.2, -0.15) is 0 Å². The molecule has 1 atom stereocenters. The van der Waals surface area contributed by atoms with Crippen LogP contribution in [0.1, 0.15) is 25.3 Å². The fourth-order valence-corrected chi connectivity index (χ4v) is 3.17. The van der Waals surface area contributed by atoms with E-state index in [1.165, 1.54) is 18.9 Å². The lowest BCUT2D eigenvalue weighted by molar-refractivity contribution is 0.0335. The Bertz CT molecular complexity index is 485. The molecule has 0 aromatic heterocycles. The molecule has 1 aromatic carbocycles. The zero-order valence-corrected chi connectivity index (χ0v) is 13.9. The summed E-state index contributed by atoms with van der Waals surface area (Å²) >= 11 is 0. The molecule has 0 bridgehead atoms. The number of anilines is 1. The van der Waals surface area contributed by atoms with E-state index >= 15 is 0 Å². The van der Waals surface area contributed by atoms with Gasteiger partial charge in [0.2, 0.25) is 0 Å². The molecule has 4 nitrogen and oxygen atoms in total. The van der Waals surface area contributed by atoms with Crippen LogP contribution in [0.2, 0.25) is 0 Å². The highest BCUT2D eigenvalue weighted by molar-refractivity contribution is 5.54. The van der Waals surface area contributed by atoms with Crippen molar-refractivity contribution in [3.8, 4) is 0 Å². The van der Waals surface area contributed by atoms with Crippen LogP contribution < -0.4 is 10.2 Å². The third-order valence-electron chi connectivity index (χ3n) is 4.01. The van der Waals surface area contributed by atoms with Crippen LogP contribution >= 0.6 is 0 Å². The molecule has 1 aromatic rings. The number of likely N-dealkylation sites (N-methyl/N-ethyl adjacent to an activating group) is 1. The van der Waals surface area contributed by atoms with E-state index in [1.807, 2.05) is 25.1 Å². The van der Waals surface area contributed by atoms with Crippen LogP contribution in [0.4, 0.5) is 10.1 Å². The van der Waals surface area contributed by atoms with Crippen molar-refractivity contribution >= 4 is 5.69 Å². The average molecular weight is 309 g/mol. The Morgan fingerprint density at radius 3 is 2.64 bits per heavy atom. The summed E-state index contributed by atoms with van der Waals surface area (Å²) in [5.41, 5.74) is 0.852. The number of rotatable bonds is 7. The van der Waals surface area contributed by atoms with E-state index in [9.17, 15) is 9.50 Å². The average Bonchev–Trinajstić information content (AvgIpc) is 2.92. The van der Waals surface area contributed by atoms with Crippen molar-refractivity contribution in [3.63, 3.8) is 0 Å². The molecule has 0 amide bonds. The van der Waals surface area contributed by atoms with Gasteiger partial charge in [0.25, 0.3) is 0 Å². The van der Waals surface area contributed by atoms with Gasteiger partial charge in [0.1, 0.15) is 5.82 Å². The van der Waals surface area contributed by atoms with E-state index in [-0.39, 0.29) is 5.82 Å². The van der Waals surface area contributed by atoms with Crippen LogP contribution in [0.3, 0.4) is 0 Å². The zero-order chi connectivity index (χ0) is 16.2. The molecule has 1 aliphatic heterocycles. The smallest absolute Gasteiger partial charge is 0.129 e. The van der Waals surface area contributed by atoms with Gasteiger partial charge in [-0.15, -0.1) is 0 Å². The number of halogens is 1. The summed E-state index contributed by atoms with van der Waals surface area (Å²) in [5, 5.41) is 13.5. The number of hydrogen-bond acceptors (Lipinski definition) is 4. The Morgan fingerprint density at radius 2 is 2.00 bits per heavy atom. The highest BCUT2D eigenvalue weighted by Crippen LogP contribution is 2.26. The van der Waals surface area contributed by atoms with Gasteiger partial charge in [0.05, 0.1) is 5.60 Å². The SMILES string of the molecule is CN(C)CC(C)(O)CNCc1c(F)cccc1N1CCCC1. The van der Waals surface area contributed by atoms with Crippen molar-refractivity contribution in [1.29, 1.82) is 0 Å². The van der Waals surface area contributed by atoms with E-state index in [4.69, 9.17) is 0 Å². The molecule has 1 heterocycles. The Kier molecular flexibility index (Phi) is 5.78. The third-order valence-corrected chi connectivity index (χ3v) is 4.01. The largest absolute Gasteiger partial charge is 0.388 e. The second-order valence-corrected chi connectivity index (χ2v) is 6.77. The topological polar surface area (TPSA) is 38.7 Å². The molecule has 1 unspecified atom stereocenters. The molecular weight excluding hydrogens is 281 g/mol. The standard InChI is InChI=1S/C17H28FN3O/c1-17(22,13-20(2)3)12-19-11-14-15(18)7-6-8-16(14)21-9-4-5-10-21/h6-8,19,22H,4-5,9-13H2,1-3H3. The van der Waals surface area contributed by atoms with Crippen molar-refractivity contribution in [1.82, 2.24) is 10.2 Å². The van der Waals surface area contributed by atoms with Crippen molar-refractivity contribution in [3.05, 3.63) is 29.6 Å². The second-order valence-electron chi connectivity index (χ2n) is 6.77. The minimum absolute atomic E-state index is 0.177. The predicted molar refractivity (Wildman–Crippen MR) is 88.7 cm³/mol. The summed E-state index contributed by atoms with van der Waals surface area (Å²) in [7, 11) is 3.85. The summed E-state index contributed by atoms with van der Waals surface area (Å²) in [5.74, 6) is -0.177. The van der Waals surface area contributed by atoms with Crippen molar-refractivity contribution in [2.24, 2.45) is 0 Å². The molecule has 1 fully saturated rings. The fraction of sp³-hybridized carbons (Fsp3) is 0.647. The molecule has 5 heteroatoms. The monoisotopic (exact) mass is 309 g/mol. The van der Waals surface area contributed by atoms with Gasteiger partial charge in [-0.05, 0) is 46.0 Å².